The van der Waals surface area contributed by atoms with E-state index in [-0.39, 0.29) is 5.60 Å². The van der Waals surface area contributed by atoms with Gasteiger partial charge in [0.2, 0.25) is 0 Å². The Morgan fingerprint density at radius 2 is 2.06 bits per heavy atom. The molecule has 0 unspecified atom stereocenters. The number of nitrogens with one attached hydrogen (secondary N) is 2. The Hall–Kier alpha value is -0.870. The van der Waals surface area contributed by atoms with Gasteiger partial charge >= 0.3 is 0 Å². The number of imidazole rings is 1. The molecule has 1 heterocycles. The van der Waals surface area contributed by atoms with Gasteiger partial charge in [0.25, 0.3) is 0 Å². The Kier molecular flexibility index (Phi) is 5.82. The van der Waals surface area contributed by atoms with Crippen LogP contribution < -0.4 is 5.32 Å². The summed E-state index contributed by atoms with van der Waals surface area (Å²) >= 11 is 0. The molecule has 0 aromatic carbocycles. The molecule has 0 amide bonds. The van der Waals surface area contributed by atoms with Crippen LogP contribution in [0.1, 0.15) is 52.1 Å². The fraction of sp³-hybridized carbons (Fsp3) is 0.786. The highest BCUT2D eigenvalue weighted by atomic mass is 16.5. The highest BCUT2D eigenvalue weighted by Gasteiger charge is 2.31. The van der Waals surface area contributed by atoms with E-state index in [0.29, 0.717) is 5.92 Å². The summed E-state index contributed by atoms with van der Waals surface area (Å²) in [6.45, 7) is 10.5. The van der Waals surface area contributed by atoms with Crippen LogP contribution in [-0.4, -0.2) is 23.6 Å². The average molecular weight is 253 g/mol. The molecule has 0 aliphatic carbocycles. The lowest BCUT2D eigenvalue weighted by atomic mass is 9.96. The number of hydrogen-bond donors (Lipinski definition) is 2. The summed E-state index contributed by atoms with van der Waals surface area (Å²) in [5.41, 5.74) is 0.852. The number of aromatic amines is 1. The highest BCUT2D eigenvalue weighted by Crippen LogP contribution is 2.29. The van der Waals surface area contributed by atoms with E-state index < -0.39 is 0 Å². The molecular formula is C14H27N3O. The molecule has 4 nitrogen and oxygen atoms in total. The van der Waals surface area contributed by atoms with Gasteiger partial charge in [0.05, 0.1) is 0 Å². The van der Waals surface area contributed by atoms with Crippen molar-refractivity contribution in [3.05, 3.63) is 17.7 Å². The number of H-pyrrole nitrogens is 1. The number of hydrogen-bond acceptors (Lipinski definition) is 3. The van der Waals surface area contributed by atoms with Crippen molar-refractivity contribution >= 4 is 0 Å². The summed E-state index contributed by atoms with van der Waals surface area (Å²) < 4.78 is 5.66. The first-order valence-corrected chi connectivity index (χ1v) is 6.88. The molecule has 1 rings (SSSR count). The average Bonchev–Trinajstić information content (AvgIpc) is 2.81. The summed E-state index contributed by atoms with van der Waals surface area (Å²) in [6, 6.07) is 0. The van der Waals surface area contributed by atoms with Crippen molar-refractivity contribution in [1.82, 2.24) is 15.3 Å². The second-order valence-corrected chi connectivity index (χ2v) is 5.19. The molecular weight excluding hydrogens is 226 g/mol. The van der Waals surface area contributed by atoms with E-state index in [9.17, 15) is 0 Å². The van der Waals surface area contributed by atoms with Gasteiger partial charge in [-0.2, -0.15) is 0 Å². The lowest BCUT2D eigenvalue weighted by Crippen LogP contribution is -2.28. The van der Waals surface area contributed by atoms with Gasteiger partial charge in [0, 0.05) is 25.5 Å². The van der Waals surface area contributed by atoms with E-state index in [0.717, 1.165) is 37.4 Å². The molecule has 0 spiro atoms. The third-order valence-corrected chi connectivity index (χ3v) is 3.46. The van der Waals surface area contributed by atoms with Gasteiger partial charge in [-0.15, -0.1) is 0 Å². The van der Waals surface area contributed by atoms with Gasteiger partial charge in [0.1, 0.15) is 11.4 Å². The van der Waals surface area contributed by atoms with Crippen LogP contribution in [0.4, 0.5) is 0 Å². The van der Waals surface area contributed by atoms with Crippen molar-refractivity contribution in [3.63, 3.8) is 0 Å². The van der Waals surface area contributed by atoms with Crippen molar-refractivity contribution in [2.24, 2.45) is 5.92 Å². The molecule has 0 atom stereocenters. The van der Waals surface area contributed by atoms with Crippen molar-refractivity contribution in [2.45, 2.75) is 52.7 Å². The molecule has 0 fully saturated rings. The SMILES string of the molecule is CCC(CC)(OC)c1ncc(CNCC(C)C)[nH]1. The van der Waals surface area contributed by atoms with E-state index in [4.69, 9.17) is 4.74 Å². The van der Waals surface area contributed by atoms with Gasteiger partial charge in [-0.1, -0.05) is 27.7 Å². The molecule has 1 aromatic heterocycles. The smallest absolute Gasteiger partial charge is 0.138 e. The maximum atomic E-state index is 5.66. The van der Waals surface area contributed by atoms with Gasteiger partial charge in [-0.25, -0.2) is 4.98 Å². The first-order chi connectivity index (χ1) is 8.57. The molecule has 18 heavy (non-hydrogen) atoms. The zero-order valence-corrected chi connectivity index (χ0v) is 12.3. The van der Waals surface area contributed by atoms with Crippen LogP contribution in [0, 0.1) is 5.92 Å². The van der Waals surface area contributed by atoms with Crippen LogP contribution in [0.25, 0.3) is 0 Å². The molecule has 0 radical (unpaired) electrons. The summed E-state index contributed by atoms with van der Waals surface area (Å²) in [5, 5.41) is 3.41. The lowest BCUT2D eigenvalue weighted by molar-refractivity contribution is -0.0285. The standard InChI is InChI=1S/C14H27N3O/c1-6-14(7-2,18-5)13-16-10-12(17-13)9-15-8-11(3)4/h10-11,15H,6-9H2,1-5H3,(H,16,17). The number of ether oxygens (including phenoxy) is 1. The summed E-state index contributed by atoms with van der Waals surface area (Å²) in [7, 11) is 1.76. The summed E-state index contributed by atoms with van der Waals surface area (Å²) in [4.78, 5) is 7.86. The largest absolute Gasteiger partial charge is 0.370 e. The fourth-order valence-electron chi connectivity index (χ4n) is 2.15. The molecule has 1 aromatic rings. The topological polar surface area (TPSA) is 49.9 Å². The van der Waals surface area contributed by atoms with E-state index in [1.807, 2.05) is 6.20 Å². The third-order valence-electron chi connectivity index (χ3n) is 3.46. The monoisotopic (exact) mass is 253 g/mol. The summed E-state index contributed by atoms with van der Waals surface area (Å²) in [5.74, 6) is 1.60. The molecule has 4 heteroatoms. The van der Waals surface area contributed by atoms with Crippen LogP contribution >= 0.6 is 0 Å². The second-order valence-electron chi connectivity index (χ2n) is 5.19. The Morgan fingerprint density at radius 1 is 1.39 bits per heavy atom. The zero-order chi connectivity index (χ0) is 13.6. The predicted octanol–water partition coefficient (Wildman–Crippen LogP) is 2.82. The predicted molar refractivity (Wildman–Crippen MR) is 74.4 cm³/mol. The second kappa shape index (κ2) is 6.90. The molecule has 0 aliphatic rings. The number of aromatic nitrogens is 2. The van der Waals surface area contributed by atoms with Gasteiger partial charge in [-0.3, -0.25) is 0 Å². The minimum atomic E-state index is -0.268. The normalized spacial score (nSPS) is 12.3. The van der Waals surface area contributed by atoms with Crippen LogP contribution in [0.2, 0.25) is 0 Å². The minimum absolute atomic E-state index is 0.268. The van der Waals surface area contributed by atoms with E-state index >= 15 is 0 Å². The van der Waals surface area contributed by atoms with Crippen LogP contribution in [0.15, 0.2) is 6.20 Å². The number of rotatable bonds is 8. The quantitative estimate of drug-likeness (QED) is 0.749. The van der Waals surface area contributed by atoms with Gasteiger partial charge in [-0.05, 0) is 25.3 Å². The first kappa shape index (κ1) is 15.2. The van der Waals surface area contributed by atoms with Gasteiger partial charge < -0.3 is 15.0 Å². The number of nitrogens with zero attached hydrogens (tertiary/aromatic N) is 1. The maximum Gasteiger partial charge on any atom is 0.138 e. The Labute approximate surface area is 111 Å². The van der Waals surface area contributed by atoms with E-state index in [1.54, 1.807) is 7.11 Å². The molecule has 0 saturated carbocycles. The fourth-order valence-corrected chi connectivity index (χ4v) is 2.15. The van der Waals surface area contributed by atoms with Crippen LogP contribution in [0.3, 0.4) is 0 Å². The third kappa shape index (κ3) is 3.56. The van der Waals surface area contributed by atoms with E-state index in [2.05, 4.69) is 43.0 Å². The Morgan fingerprint density at radius 3 is 2.56 bits per heavy atom. The zero-order valence-electron chi connectivity index (χ0n) is 12.3. The Bertz CT molecular complexity index is 334. The first-order valence-electron chi connectivity index (χ1n) is 6.88. The minimum Gasteiger partial charge on any atom is -0.370 e. The molecule has 104 valence electrons. The highest BCUT2D eigenvalue weighted by molar-refractivity contribution is 5.08. The van der Waals surface area contributed by atoms with Crippen LogP contribution in [0.5, 0.6) is 0 Å². The van der Waals surface area contributed by atoms with Crippen molar-refractivity contribution in [3.8, 4) is 0 Å². The van der Waals surface area contributed by atoms with Crippen molar-refractivity contribution in [2.75, 3.05) is 13.7 Å². The lowest BCUT2D eigenvalue weighted by Gasteiger charge is -2.27. The molecule has 0 aliphatic heterocycles. The number of methoxy groups -OCH3 is 1. The van der Waals surface area contributed by atoms with E-state index in [1.165, 1.54) is 0 Å². The molecule has 0 bridgehead atoms. The van der Waals surface area contributed by atoms with Crippen LogP contribution in [-0.2, 0) is 16.9 Å². The van der Waals surface area contributed by atoms with Crippen molar-refractivity contribution in [1.29, 1.82) is 0 Å². The Balaban J connectivity index is 2.67. The molecule has 2 N–H and O–H groups in total. The maximum absolute atomic E-state index is 5.66. The van der Waals surface area contributed by atoms with Crippen molar-refractivity contribution < 1.29 is 4.74 Å². The summed E-state index contributed by atoms with van der Waals surface area (Å²) in [6.07, 6.45) is 3.75. The van der Waals surface area contributed by atoms with Gasteiger partial charge in [0.15, 0.2) is 0 Å². The molecule has 0 saturated heterocycles.